The Morgan fingerprint density at radius 1 is 0.452 bits per heavy atom. The molecule has 3 aromatic carbocycles. The Morgan fingerprint density at radius 2 is 0.839 bits per heavy atom. The Bertz CT molecular complexity index is 1660. The van der Waals surface area contributed by atoms with E-state index in [4.69, 9.17) is 14.2 Å². The number of rotatable bonds is 36. The fourth-order valence-corrected chi connectivity index (χ4v) is 7.30. The van der Waals surface area contributed by atoms with E-state index < -0.39 is 0 Å². The van der Waals surface area contributed by atoms with E-state index in [1.165, 1.54) is 95.5 Å². The van der Waals surface area contributed by atoms with Gasteiger partial charge in [-0.15, -0.1) is 0 Å². The summed E-state index contributed by atoms with van der Waals surface area (Å²) in [6.07, 6.45) is 44.6. The Labute approximate surface area is 376 Å². The van der Waals surface area contributed by atoms with Crippen molar-refractivity contribution in [2.24, 2.45) is 0 Å². The molecule has 0 aliphatic carbocycles. The van der Waals surface area contributed by atoms with Crippen LogP contribution in [-0.2, 0) is 33.6 Å². The van der Waals surface area contributed by atoms with Crippen LogP contribution >= 0.6 is 0 Å². The molecule has 0 aliphatic rings. The van der Waals surface area contributed by atoms with Crippen LogP contribution in [-0.4, -0.2) is 25.8 Å². The van der Waals surface area contributed by atoms with Crippen molar-refractivity contribution in [2.75, 3.05) is 7.11 Å². The van der Waals surface area contributed by atoms with Crippen LogP contribution in [0.2, 0.25) is 0 Å². The van der Waals surface area contributed by atoms with E-state index in [0.29, 0.717) is 30.8 Å². The van der Waals surface area contributed by atoms with Crippen molar-refractivity contribution in [3.63, 3.8) is 0 Å². The number of hydrogen-bond acceptors (Lipinski definition) is 6. The Morgan fingerprint density at radius 3 is 1.31 bits per heavy atom. The third-order valence-corrected chi connectivity index (χ3v) is 11.0. The lowest BCUT2D eigenvalue weighted by molar-refractivity contribution is -0.134. The topological polar surface area (TPSA) is 78.9 Å². The van der Waals surface area contributed by atoms with Crippen molar-refractivity contribution in [2.45, 2.75) is 180 Å². The molecule has 0 N–H and O–H groups in total. The van der Waals surface area contributed by atoms with Crippen molar-refractivity contribution < 1.29 is 28.6 Å². The first-order chi connectivity index (χ1) is 30.6. The van der Waals surface area contributed by atoms with Gasteiger partial charge >= 0.3 is 5.97 Å². The van der Waals surface area contributed by atoms with Crippen molar-refractivity contribution in [1.82, 2.24) is 0 Å². The second kappa shape index (κ2) is 39.2. The van der Waals surface area contributed by atoms with Gasteiger partial charge in [0.15, 0.2) is 0 Å². The summed E-state index contributed by atoms with van der Waals surface area (Å²) in [4.78, 5) is 33.4. The van der Waals surface area contributed by atoms with E-state index in [9.17, 15) is 14.4 Å². The summed E-state index contributed by atoms with van der Waals surface area (Å²) in [7, 11) is 1.74. The number of esters is 1. The predicted octanol–water partition coefficient (Wildman–Crippen LogP) is 15.4. The molecule has 0 aliphatic heterocycles. The minimum Gasteiger partial charge on any atom is -0.496 e. The second-order valence-corrected chi connectivity index (χ2v) is 16.2. The summed E-state index contributed by atoms with van der Waals surface area (Å²) in [6.45, 7) is 2.74. The van der Waals surface area contributed by atoms with Crippen LogP contribution in [0.25, 0.3) is 0 Å². The molecular weight excluding hydrogens is 769 g/mol. The molecular formula is C56H80O6. The largest absolute Gasteiger partial charge is 0.496 e. The summed E-state index contributed by atoms with van der Waals surface area (Å²) in [5.41, 5.74) is 3.33. The van der Waals surface area contributed by atoms with Gasteiger partial charge in [0.1, 0.15) is 23.5 Å². The molecule has 62 heavy (non-hydrogen) atoms. The van der Waals surface area contributed by atoms with Crippen LogP contribution in [0.15, 0.2) is 109 Å². The smallest absolute Gasteiger partial charge is 0.311 e. The molecule has 0 fully saturated rings. The number of benzene rings is 3. The van der Waals surface area contributed by atoms with Crippen molar-refractivity contribution in [3.8, 4) is 17.2 Å². The lowest BCUT2D eigenvalue weighted by Crippen LogP contribution is -2.09. The van der Waals surface area contributed by atoms with E-state index in [0.717, 1.165) is 93.8 Å². The Hall–Kier alpha value is -4.71. The van der Waals surface area contributed by atoms with Crippen LogP contribution in [0.5, 0.6) is 17.2 Å². The molecule has 0 unspecified atom stereocenters. The average Bonchev–Trinajstić information content (AvgIpc) is 3.29. The maximum Gasteiger partial charge on any atom is 0.311 e. The highest BCUT2D eigenvalue weighted by molar-refractivity contribution is 5.72. The summed E-state index contributed by atoms with van der Waals surface area (Å²) in [5.74, 6) is 2.14. The van der Waals surface area contributed by atoms with E-state index in [1.807, 2.05) is 60.7 Å². The summed E-state index contributed by atoms with van der Waals surface area (Å²) < 4.78 is 16.1. The lowest BCUT2D eigenvalue weighted by atomic mass is 10.1. The molecule has 0 saturated carbocycles. The number of allylic oxidation sites excluding steroid dienone is 6. The van der Waals surface area contributed by atoms with Gasteiger partial charge in [0.25, 0.3) is 6.47 Å². The second-order valence-electron chi connectivity index (χ2n) is 16.2. The molecule has 0 atom stereocenters. The molecule has 6 nitrogen and oxygen atoms in total. The SMILES string of the molecule is CCCCCCCCC/C=C/Cc1ccccc1OC.O=CCCCCCCCC/C=C\Cc1ccccc1OC(=O)CCCCCCCC/C=C/Cc1ccccc1OC=O. The zero-order valence-electron chi connectivity index (χ0n) is 38.6. The van der Waals surface area contributed by atoms with Crippen LogP contribution in [0.4, 0.5) is 0 Å². The average molecular weight is 849 g/mol. The van der Waals surface area contributed by atoms with E-state index >= 15 is 0 Å². The van der Waals surface area contributed by atoms with Gasteiger partial charge < -0.3 is 19.0 Å². The third-order valence-electron chi connectivity index (χ3n) is 11.0. The van der Waals surface area contributed by atoms with Crippen molar-refractivity contribution in [3.05, 3.63) is 126 Å². The molecule has 0 radical (unpaired) electrons. The highest BCUT2D eigenvalue weighted by atomic mass is 16.5. The molecule has 0 aromatic heterocycles. The number of hydrogen-bond donors (Lipinski definition) is 0. The highest BCUT2D eigenvalue weighted by Crippen LogP contribution is 2.22. The first-order valence-corrected chi connectivity index (χ1v) is 24.1. The predicted molar refractivity (Wildman–Crippen MR) is 259 cm³/mol. The van der Waals surface area contributed by atoms with Gasteiger partial charge in [0, 0.05) is 12.8 Å². The van der Waals surface area contributed by atoms with Crippen molar-refractivity contribution in [1.29, 1.82) is 0 Å². The van der Waals surface area contributed by atoms with E-state index in [2.05, 4.69) is 55.5 Å². The van der Waals surface area contributed by atoms with Crippen LogP contribution in [0.1, 0.15) is 178 Å². The van der Waals surface area contributed by atoms with Crippen LogP contribution in [0, 0.1) is 0 Å². The summed E-state index contributed by atoms with van der Waals surface area (Å²) in [5, 5.41) is 0. The summed E-state index contributed by atoms with van der Waals surface area (Å²) in [6, 6.07) is 23.7. The van der Waals surface area contributed by atoms with Gasteiger partial charge in [-0.1, -0.05) is 188 Å². The molecule has 0 heterocycles. The molecule has 0 saturated heterocycles. The van der Waals surface area contributed by atoms with E-state index in [1.54, 1.807) is 7.11 Å². The van der Waals surface area contributed by atoms with Crippen molar-refractivity contribution >= 4 is 18.7 Å². The van der Waals surface area contributed by atoms with Gasteiger partial charge in [0.05, 0.1) is 7.11 Å². The van der Waals surface area contributed by atoms with Gasteiger partial charge in [0.2, 0.25) is 0 Å². The number of unbranched alkanes of at least 4 members (excludes halogenated alkanes) is 20. The molecule has 0 bridgehead atoms. The number of methoxy groups -OCH3 is 1. The van der Waals surface area contributed by atoms with Gasteiger partial charge in [-0.3, -0.25) is 9.59 Å². The zero-order valence-corrected chi connectivity index (χ0v) is 38.6. The first-order valence-electron chi connectivity index (χ1n) is 24.1. The minimum absolute atomic E-state index is 0.148. The number of aldehydes is 1. The third kappa shape index (κ3) is 28.0. The van der Waals surface area contributed by atoms with Gasteiger partial charge in [-0.25, -0.2) is 0 Å². The molecule has 3 rings (SSSR count). The first kappa shape index (κ1) is 53.4. The standard InChI is InChI=1S/C37H50O5.C19H30O/c38-31-23-15-11-7-2-1-4-9-13-17-25-34-27-20-22-29-36(34)42-37(40)30-18-14-10-6-3-5-8-12-16-24-33-26-19-21-28-35(33)41-32-39;1-3-4-5-6-7-8-9-10-11-12-15-18-16-13-14-17-19(18)20-2/h12-13,16-17,19-22,26-29,31-32H,1-11,14-15,18,23-25,30H2;11-14,16-17H,3-10,15H2,1-2H3/b16-12+,17-13-;12-11+. The number of ether oxygens (including phenoxy) is 3. The number of para-hydroxylation sites is 3. The Kier molecular flexibility index (Phi) is 33.7. The maximum atomic E-state index is 12.4. The molecule has 340 valence electrons. The quantitative estimate of drug-likeness (QED) is 0.0191. The fourth-order valence-electron chi connectivity index (χ4n) is 7.30. The highest BCUT2D eigenvalue weighted by Gasteiger charge is 2.08. The molecule has 3 aromatic rings. The van der Waals surface area contributed by atoms with Crippen LogP contribution in [0.3, 0.4) is 0 Å². The molecule has 0 spiro atoms. The van der Waals surface area contributed by atoms with Crippen LogP contribution < -0.4 is 14.2 Å². The minimum atomic E-state index is -0.148. The number of carbonyl (C=O) groups is 3. The zero-order chi connectivity index (χ0) is 44.4. The molecule has 6 heteroatoms. The molecule has 0 amide bonds. The van der Waals surface area contributed by atoms with Gasteiger partial charge in [-0.05, 0) is 106 Å². The fraction of sp³-hybridized carbons (Fsp3) is 0.518. The summed E-state index contributed by atoms with van der Waals surface area (Å²) >= 11 is 0. The van der Waals surface area contributed by atoms with Gasteiger partial charge in [-0.2, -0.15) is 0 Å². The number of carbonyl (C=O) groups excluding carboxylic acids is 3. The van der Waals surface area contributed by atoms with E-state index in [-0.39, 0.29) is 5.97 Å². The normalized spacial score (nSPS) is 11.2. The lowest BCUT2D eigenvalue weighted by Gasteiger charge is -2.09. The monoisotopic (exact) mass is 849 g/mol. The Balaban J connectivity index is 0.000000551. The maximum absolute atomic E-state index is 12.4.